The van der Waals surface area contributed by atoms with E-state index in [1.54, 1.807) is 0 Å². The first-order valence-corrected chi connectivity index (χ1v) is 15.4. The number of phosphoric ester groups is 1. The number of alkyl halides is 2. The predicted molar refractivity (Wildman–Crippen MR) is 143 cm³/mol. The second kappa shape index (κ2) is 11.8. The number of rotatable bonds is 10. The van der Waals surface area contributed by atoms with Crippen molar-refractivity contribution in [2.24, 2.45) is 0 Å². The van der Waals surface area contributed by atoms with E-state index in [0.29, 0.717) is 0 Å². The van der Waals surface area contributed by atoms with E-state index in [4.69, 9.17) is 34.5 Å². The molecule has 236 valence electrons. The summed E-state index contributed by atoms with van der Waals surface area (Å²) in [5.41, 5.74) is 12.3. The first-order chi connectivity index (χ1) is 21.0. The molecule has 0 aromatic carbocycles. The van der Waals surface area contributed by atoms with Gasteiger partial charge in [0.1, 0.15) is 42.5 Å². The van der Waals surface area contributed by atoms with Crippen LogP contribution in [0.15, 0.2) is 25.3 Å². The molecule has 6 rings (SSSR count). The standard InChI is InChI=1S/C21H24F2N10O9P2/c1-8-14(10(22)20(39-8)32-6-30-12-16(24)26-4-28-18(12)32)41-43(34)38-3-9-15(42-44(35,36)37-2)11(23)21(40-9)33-7-31-13-17(25)27-5-29-19(13)33/h4-11,14-15,20-21H,3H2,1-2H3,(H4-,24,25,26,27,28,29,35,36)/p+1/t8-,9-,10-,11-,14-,15-,20-,21-/m1/s1. The van der Waals surface area contributed by atoms with Gasteiger partial charge in [-0.25, -0.2) is 43.2 Å². The summed E-state index contributed by atoms with van der Waals surface area (Å²) in [6, 6.07) is 0. The summed E-state index contributed by atoms with van der Waals surface area (Å²) in [6.45, 7) is 0.829. The van der Waals surface area contributed by atoms with Gasteiger partial charge in [0.2, 0.25) is 0 Å². The molecule has 2 unspecified atom stereocenters. The fourth-order valence-electron chi connectivity index (χ4n) is 4.91. The van der Waals surface area contributed by atoms with Gasteiger partial charge in [-0.2, -0.15) is 0 Å². The number of nitrogens with zero attached hydrogens (tertiary/aromatic N) is 8. The number of hydrogen-bond donors (Lipinski definition) is 3. The fourth-order valence-corrected chi connectivity index (χ4v) is 6.37. The van der Waals surface area contributed by atoms with Crippen LogP contribution in [0.2, 0.25) is 0 Å². The molecule has 2 saturated heterocycles. The fraction of sp³-hybridized carbons (Fsp3) is 0.524. The lowest BCUT2D eigenvalue weighted by atomic mass is 10.1. The molecule has 0 amide bonds. The third kappa shape index (κ3) is 5.50. The molecule has 23 heteroatoms. The Kier molecular flexibility index (Phi) is 8.24. The molecular formula is C21H25F2N10O9P2+. The van der Waals surface area contributed by atoms with E-state index in [0.717, 1.165) is 13.4 Å². The van der Waals surface area contributed by atoms with Gasteiger partial charge in [-0.05, 0) is 6.92 Å². The second-order valence-corrected chi connectivity index (χ2v) is 12.1. The maximum absolute atomic E-state index is 15.7. The Hall–Kier alpha value is -3.39. The van der Waals surface area contributed by atoms with Crippen molar-refractivity contribution in [2.45, 2.75) is 56.1 Å². The van der Waals surface area contributed by atoms with Crippen molar-refractivity contribution in [2.75, 3.05) is 25.2 Å². The van der Waals surface area contributed by atoms with Crippen molar-refractivity contribution in [3.63, 3.8) is 0 Å². The van der Waals surface area contributed by atoms with Gasteiger partial charge in [0.05, 0.1) is 18.8 Å². The monoisotopic (exact) mass is 661 g/mol. The minimum Gasteiger partial charge on any atom is -0.382 e. The maximum atomic E-state index is 15.7. The Morgan fingerprint density at radius 2 is 1.50 bits per heavy atom. The van der Waals surface area contributed by atoms with E-state index in [1.165, 1.54) is 35.0 Å². The molecule has 6 heterocycles. The van der Waals surface area contributed by atoms with E-state index < -0.39 is 71.9 Å². The van der Waals surface area contributed by atoms with Crippen molar-refractivity contribution in [1.82, 2.24) is 39.0 Å². The SMILES string of the molecule is COP(=O)(O)O[C@H]1[C@@H](F)[C@H](n2cnc3c(N)ncnc32)O[C@@H]1CO[P+](=O)O[C@H]1[C@@H](F)[C@H](n2cnc3c(N)ncnc32)O[C@@H]1C. The van der Waals surface area contributed by atoms with Crippen LogP contribution in [-0.2, 0) is 36.7 Å². The molecule has 0 aliphatic carbocycles. The first kappa shape index (κ1) is 30.6. The average molecular weight is 661 g/mol. The molecule has 0 spiro atoms. The molecule has 0 radical (unpaired) electrons. The first-order valence-electron chi connectivity index (χ1n) is 12.8. The van der Waals surface area contributed by atoms with Gasteiger partial charge < -0.3 is 25.8 Å². The number of phosphoric acid groups is 1. The number of fused-ring (bicyclic) bond motifs is 2. The number of hydrogen-bond acceptors (Lipinski definition) is 16. The zero-order valence-electron chi connectivity index (χ0n) is 22.7. The molecule has 2 aliphatic rings. The lowest BCUT2D eigenvalue weighted by molar-refractivity contribution is -0.0441. The number of aromatic nitrogens is 8. The van der Waals surface area contributed by atoms with Crippen LogP contribution in [0.4, 0.5) is 20.4 Å². The number of anilines is 2. The molecule has 4 aromatic rings. The predicted octanol–water partition coefficient (Wildman–Crippen LogP) is 1.51. The van der Waals surface area contributed by atoms with Gasteiger partial charge >= 0.3 is 16.1 Å². The van der Waals surface area contributed by atoms with Crippen molar-refractivity contribution >= 4 is 50.0 Å². The van der Waals surface area contributed by atoms with E-state index in [-0.39, 0.29) is 34.0 Å². The van der Waals surface area contributed by atoms with Crippen LogP contribution >= 0.6 is 16.1 Å². The van der Waals surface area contributed by atoms with Crippen molar-refractivity contribution in [1.29, 1.82) is 0 Å². The quantitative estimate of drug-likeness (QED) is 0.204. The Bertz CT molecular complexity index is 1750. The summed E-state index contributed by atoms with van der Waals surface area (Å²) in [5, 5.41) is 0. The van der Waals surface area contributed by atoms with Crippen LogP contribution in [0.5, 0.6) is 0 Å². The Labute approximate surface area is 246 Å². The van der Waals surface area contributed by atoms with E-state index in [9.17, 15) is 14.0 Å². The lowest BCUT2D eigenvalue weighted by Gasteiger charge is -2.20. The Morgan fingerprint density at radius 3 is 2.07 bits per heavy atom. The molecule has 0 saturated carbocycles. The highest BCUT2D eigenvalue weighted by Crippen LogP contribution is 2.49. The van der Waals surface area contributed by atoms with Crippen LogP contribution in [0, 0.1) is 0 Å². The Balaban J connectivity index is 1.15. The minimum absolute atomic E-state index is 0.0281. The van der Waals surface area contributed by atoms with Crippen molar-refractivity contribution < 1.29 is 50.4 Å². The van der Waals surface area contributed by atoms with Crippen molar-refractivity contribution in [3.05, 3.63) is 25.3 Å². The molecular weight excluding hydrogens is 636 g/mol. The normalized spacial score (nSPS) is 30.7. The summed E-state index contributed by atoms with van der Waals surface area (Å²) in [4.78, 5) is 33.8. The third-order valence-corrected chi connectivity index (χ3v) is 8.78. The molecule has 44 heavy (non-hydrogen) atoms. The maximum Gasteiger partial charge on any atom is 0.697 e. The molecule has 0 bridgehead atoms. The number of nitrogens with two attached hydrogens (primary N) is 2. The van der Waals surface area contributed by atoms with Gasteiger partial charge in [0.15, 0.2) is 53.8 Å². The van der Waals surface area contributed by atoms with Crippen LogP contribution in [0.1, 0.15) is 19.4 Å². The summed E-state index contributed by atoms with van der Waals surface area (Å²) < 4.78 is 90.2. The van der Waals surface area contributed by atoms with E-state index in [1.807, 2.05) is 0 Å². The highest BCUT2D eigenvalue weighted by Gasteiger charge is 2.53. The van der Waals surface area contributed by atoms with Crippen LogP contribution in [0.25, 0.3) is 22.3 Å². The zero-order chi connectivity index (χ0) is 31.3. The second-order valence-electron chi connectivity index (χ2n) is 9.66. The highest BCUT2D eigenvalue weighted by atomic mass is 31.2. The minimum atomic E-state index is -4.74. The van der Waals surface area contributed by atoms with Gasteiger partial charge in [-0.1, -0.05) is 0 Å². The third-order valence-electron chi connectivity index (χ3n) is 7.03. The van der Waals surface area contributed by atoms with Gasteiger partial charge in [0.25, 0.3) is 0 Å². The number of nitrogen functional groups attached to an aromatic ring is 2. The summed E-state index contributed by atoms with van der Waals surface area (Å²) in [7, 11) is -6.90. The van der Waals surface area contributed by atoms with Crippen molar-refractivity contribution in [3.8, 4) is 0 Å². The molecule has 2 fully saturated rings. The average Bonchev–Trinajstić information content (AvgIpc) is 3.75. The smallest absolute Gasteiger partial charge is 0.382 e. The molecule has 10 atom stereocenters. The number of ether oxygens (including phenoxy) is 2. The topological polar surface area (TPSA) is 249 Å². The van der Waals surface area contributed by atoms with E-state index in [2.05, 4.69) is 34.4 Å². The van der Waals surface area contributed by atoms with Gasteiger partial charge in [-0.15, -0.1) is 9.05 Å². The molecule has 19 nitrogen and oxygen atoms in total. The summed E-state index contributed by atoms with van der Waals surface area (Å²) in [6.07, 6.45) is -7.37. The van der Waals surface area contributed by atoms with Gasteiger partial charge in [0, 0.05) is 11.7 Å². The zero-order valence-corrected chi connectivity index (χ0v) is 24.5. The van der Waals surface area contributed by atoms with Crippen LogP contribution in [0.3, 0.4) is 0 Å². The number of halogens is 2. The van der Waals surface area contributed by atoms with Crippen LogP contribution < -0.4 is 11.5 Å². The summed E-state index contributed by atoms with van der Waals surface area (Å²) >= 11 is 0. The molecule has 4 aromatic heterocycles. The summed E-state index contributed by atoms with van der Waals surface area (Å²) in [5.74, 6) is 0.121. The Morgan fingerprint density at radius 1 is 0.955 bits per heavy atom. The molecule has 2 aliphatic heterocycles. The van der Waals surface area contributed by atoms with E-state index >= 15 is 8.78 Å². The number of imidazole rings is 2. The van der Waals surface area contributed by atoms with Gasteiger partial charge in [-0.3, -0.25) is 18.2 Å². The highest BCUT2D eigenvalue weighted by molar-refractivity contribution is 7.47. The lowest BCUT2D eigenvalue weighted by Crippen LogP contribution is -2.34. The molecule has 5 N–H and O–H groups in total. The van der Waals surface area contributed by atoms with Crippen LogP contribution in [-0.4, -0.2) is 94.4 Å². The largest absolute Gasteiger partial charge is 0.697 e.